The largest absolute Gasteiger partial charge is 0.486 e. The molecule has 140 valence electrons. The van der Waals surface area contributed by atoms with Crippen LogP contribution in [0, 0.1) is 5.41 Å². The molecule has 2 heterocycles. The van der Waals surface area contributed by atoms with Gasteiger partial charge in [0.15, 0.2) is 17.6 Å². The first-order chi connectivity index (χ1) is 12.7. The molecule has 2 N–H and O–H groups in total. The standard InChI is InChI=1S/C20H26N2O4/c23-18-11-20(7-3-4-8-20)12-19(24)22(18)10-9-21-13-15-14-25-16-5-1-2-6-17(16)26-15/h1-2,5-6,15,21H,3-4,7-14H2/p+1/t15-/m0/s1. The second-order valence-electron chi connectivity index (χ2n) is 7.81. The zero-order valence-corrected chi connectivity index (χ0v) is 15.1. The molecule has 0 unspecified atom stereocenters. The summed E-state index contributed by atoms with van der Waals surface area (Å²) in [5.41, 5.74) is -0.0188. The predicted molar refractivity (Wildman–Crippen MR) is 94.9 cm³/mol. The van der Waals surface area contributed by atoms with Crippen LogP contribution in [0.25, 0.3) is 0 Å². The Hall–Kier alpha value is -2.08. The van der Waals surface area contributed by atoms with Gasteiger partial charge in [-0.1, -0.05) is 25.0 Å². The summed E-state index contributed by atoms with van der Waals surface area (Å²) in [6, 6.07) is 7.67. The maximum Gasteiger partial charge on any atom is 0.229 e. The number of rotatable bonds is 5. The number of imide groups is 1. The van der Waals surface area contributed by atoms with Crippen molar-refractivity contribution in [1.29, 1.82) is 0 Å². The first-order valence-corrected chi connectivity index (χ1v) is 9.69. The smallest absolute Gasteiger partial charge is 0.229 e. The van der Waals surface area contributed by atoms with Crippen LogP contribution in [0.4, 0.5) is 0 Å². The highest BCUT2D eigenvalue weighted by atomic mass is 16.6. The Bertz CT molecular complexity index is 664. The van der Waals surface area contributed by atoms with Crippen molar-refractivity contribution in [3.63, 3.8) is 0 Å². The normalized spacial score (nSPS) is 24.3. The highest BCUT2D eigenvalue weighted by Gasteiger charge is 2.44. The molecule has 1 aromatic carbocycles. The average molecular weight is 359 g/mol. The lowest BCUT2D eigenvalue weighted by molar-refractivity contribution is -0.659. The van der Waals surface area contributed by atoms with E-state index in [1.54, 1.807) is 0 Å². The van der Waals surface area contributed by atoms with E-state index >= 15 is 0 Å². The number of amides is 2. The van der Waals surface area contributed by atoms with Crippen molar-refractivity contribution >= 4 is 11.8 Å². The number of quaternary nitrogens is 1. The minimum atomic E-state index is -0.0188. The number of nitrogens with zero attached hydrogens (tertiary/aromatic N) is 1. The molecular formula is C20H27N2O4+. The highest BCUT2D eigenvalue weighted by Crippen LogP contribution is 2.46. The molecule has 2 amide bonds. The fourth-order valence-corrected chi connectivity index (χ4v) is 4.47. The van der Waals surface area contributed by atoms with Gasteiger partial charge >= 0.3 is 0 Å². The maximum atomic E-state index is 12.4. The van der Waals surface area contributed by atoms with Crippen LogP contribution in [0.1, 0.15) is 38.5 Å². The molecule has 6 nitrogen and oxygen atoms in total. The van der Waals surface area contributed by atoms with Gasteiger partial charge in [-0.25, -0.2) is 0 Å². The van der Waals surface area contributed by atoms with Crippen LogP contribution in [-0.4, -0.2) is 49.1 Å². The number of carbonyl (C=O) groups excluding carboxylic acids is 2. The Kier molecular flexibility index (Phi) is 4.85. The maximum absolute atomic E-state index is 12.4. The van der Waals surface area contributed by atoms with Crippen molar-refractivity contribution in [2.24, 2.45) is 5.41 Å². The van der Waals surface area contributed by atoms with Gasteiger partial charge < -0.3 is 14.8 Å². The van der Waals surface area contributed by atoms with Gasteiger partial charge in [0.1, 0.15) is 13.2 Å². The molecule has 0 aromatic heterocycles. The molecule has 6 heteroatoms. The number of ether oxygens (including phenoxy) is 2. The van der Waals surface area contributed by atoms with Gasteiger partial charge in [0, 0.05) is 12.8 Å². The van der Waals surface area contributed by atoms with Crippen LogP contribution in [0.5, 0.6) is 11.5 Å². The minimum absolute atomic E-state index is 0.0144. The Morgan fingerprint density at radius 2 is 1.77 bits per heavy atom. The fraction of sp³-hybridized carbons (Fsp3) is 0.600. The summed E-state index contributed by atoms with van der Waals surface area (Å²) >= 11 is 0. The average Bonchev–Trinajstić information content (AvgIpc) is 3.07. The number of hydrogen-bond acceptors (Lipinski definition) is 4. The number of piperidine rings is 1. The summed E-state index contributed by atoms with van der Waals surface area (Å²) in [6.45, 7) is 2.45. The second-order valence-corrected chi connectivity index (χ2v) is 7.81. The van der Waals surface area contributed by atoms with E-state index in [-0.39, 0.29) is 23.3 Å². The third-order valence-corrected chi connectivity index (χ3v) is 5.87. The third-order valence-electron chi connectivity index (χ3n) is 5.87. The monoisotopic (exact) mass is 359 g/mol. The molecule has 1 saturated heterocycles. The van der Waals surface area contributed by atoms with Gasteiger partial charge in [-0.3, -0.25) is 14.5 Å². The summed E-state index contributed by atoms with van der Waals surface area (Å²) in [5.74, 6) is 1.60. The van der Waals surface area contributed by atoms with E-state index in [2.05, 4.69) is 5.32 Å². The van der Waals surface area contributed by atoms with Crippen LogP contribution >= 0.6 is 0 Å². The number of para-hydroxylation sites is 2. The summed E-state index contributed by atoms with van der Waals surface area (Å²) < 4.78 is 11.6. The Labute approximate surface area is 153 Å². The van der Waals surface area contributed by atoms with Gasteiger partial charge in [-0.05, 0) is 30.4 Å². The first kappa shape index (κ1) is 17.3. The molecule has 3 aliphatic rings. The zero-order valence-electron chi connectivity index (χ0n) is 15.1. The van der Waals surface area contributed by atoms with E-state index in [4.69, 9.17) is 9.47 Å². The van der Waals surface area contributed by atoms with E-state index in [9.17, 15) is 9.59 Å². The number of carbonyl (C=O) groups is 2. The quantitative estimate of drug-likeness (QED) is 0.631. The van der Waals surface area contributed by atoms with E-state index in [1.807, 2.05) is 24.3 Å². The lowest BCUT2D eigenvalue weighted by Crippen LogP contribution is -2.88. The van der Waals surface area contributed by atoms with Crippen LogP contribution in [0.2, 0.25) is 0 Å². The molecule has 1 aromatic rings. The van der Waals surface area contributed by atoms with Crippen LogP contribution in [0.15, 0.2) is 24.3 Å². The summed E-state index contributed by atoms with van der Waals surface area (Å²) in [7, 11) is 0. The fourth-order valence-electron chi connectivity index (χ4n) is 4.47. The number of hydrogen-bond donors (Lipinski definition) is 1. The number of likely N-dealkylation sites (tertiary alicyclic amines) is 1. The molecule has 2 fully saturated rings. The molecule has 0 radical (unpaired) electrons. The molecule has 2 aliphatic heterocycles. The summed E-state index contributed by atoms with van der Waals surface area (Å²) in [6.07, 6.45) is 5.46. The number of benzene rings is 1. The van der Waals surface area contributed by atoms with Crippen LogP contribution in [0.3, 0.4) is 0 Å². The summed E-state index contributed by atoms with van der Waals surface area (Å²) in [5, 5.41) is 2.10. The Morgan fingerprint density at radius 1 is 1.08 bits per heavy atom. The van der Waals surface area contributed by atoms with Gasteiger partial charge in [0.2, 0.25) is 11.8 Å². The second kappa shape index (κ2) is 7.27. The number of fused-ring (bicyclic) bond motifs is 1. The molecule has 1 spiro atoms. The molecule has 26 heavy (non-hydrogen) atoms. The Morgan fingerprint density at radius 3 is 2.50 bits per heavy atom. The molecule has 1 aliphatic carbocycles. The van der Waals surface area contributed by atoms with E-state index < -0.39 is 0 Å². The van der Waals surface area contributed by atoms with Crippen molar-refractivity contribution < 1.29 is 24.4 Å². The van der Waals surface area contributed by atoms with Crippen LogP contribution in [-0.2, 0) is 9.59 Å². The lowest BCUT2D eigenvalue weighted by atomic mass is 9.76. The summed E-state index contributed by atoms with van der Waals surface area (Å²) in [4.78, 5) is 26.4. The van der Waals surface area contributed by atoms with Gasteiger partial charge in [-0.2, -0.15) is 0 Å². The lowest BCUT2D eigenvalue weighted by Gasteiger charge is -2.37. The number of nitrogens with two attached hydrogens (primary N) is 1. The van der Waals surface area contributed by atoms with E-state index in [0.717, 1.165) is 43.7 Å². The zero-order chi connectivity index (χ0) is 18.0. The van der Waals surface area contributed by atoms with Gasteiger partial charge in [-0.15, -0.1) is 0 Å². The van der Waals surface area contributed by atoms with Gasteiger partial charge in [0.25, 0.3) is 0 Å². The molecular weight excluding hydrogens is 332 g/mol. The van der Waals surface area contributed by atoms with Crippen molar-refractivity contribution in [3.8, 4) is 11.5 Å². The van der Waals surface area contributed by atoms with Crippen molar-refractivity contribution in [2.45, 2.75) is 44.6 Å². The minimum Gasteiger partial charge on any atom is -0.486 e. The predicted octanol–water partition coefficient (Wildman–Crippen LogP) is 1.10. The van der Waals surface area contributed by atoms with Crippen LogP contribution < -0.4 is 14.8 Å². The molecule has 4 rings (SSSR count). The topological polar surface area (TPSA) is 72.5 Å². The van der Waals surface area contributed by atoms with Crippen molar-refractivity contribution in [3.05, 3.63) is 24.3 Å². The molecule has 1 saturated carbocycles. The first-order valence-electron chi connectivity index (χ1n) is 9.69. The highest BCUT2D eigenvalue weighted by molar-refractivity contribution is 5.98. The van der Waals surface area contributed by atoms with Gasteiger partial charge in [0.05, 0.1) is 13.1 Å². The third kappa shape index (κ3) is 3.56. The molecule has 1 atom stereocenters. The van der Waals surface area contributed by atoms with Crippen molar-refractivity contribution in [1.82, 2.24) is 4.90 Å². The van der Waals surface area contributed by atoms with E-state index in [1.165, 1.54) is 4.90 Å². The van der Waals surface area contributed by atoms with Crippen molar-refractivity contribution in [2.75, 3.05) is 26.2 Å². The Balaban J connectivity index is 1.22. The SMILES string of the molecule is O=C1CC2(CCCC2)CC(=O)N1CC[NH2+]C[C@H]1COc2ccccc2O1. The van der Waals surface area contributed by atoms with E-state index in [0.29, 0.717) is 32.5 Å². The molecule has 0 bridgehead atoms.